The molecule has 0 aromatic heterocycles. The van der Waals surface area contributed by atoms with E-state index < -0.39 is 6.04 Å². The Morgan fingerprint density at radius 3 is 1.94 bits per heavy atom. The number of rotatable bonds is 5. The van der Waals surface area contributed by atoms with Crippen LogP contribution in [0.1, 0.15) is 11.1 Å². The fraction of sp³-hybridized carbons (Fsp3) is 0.188. The lowest BCUT2D eigenvalue weighted by atomic mass is 9.99. The fourth-order valence-corrected chi connectivity index (χ4v) is 1.91. The molecule has 0 fully saturated rings. The minimum absolute atomic E-state index is 0.0880. The monoisotopic (exact) mass is 239 g/mol. The molecule has 0 aliphatic heterocycles. The molecule has 0 aliphatic carbocycles. The van der Waals surface area contributed by atoms with E-state index in [0.717, 1.165) is 11.1 Å². The van der Waals surface area contributed by atoms with Gasteiger partial charge in [0.25, 0.3) is 0 Å². The maximum Gasteiger partial charge on any atom is 0.154 e. The first-order valence-electron chi connectivity index (χ1n) is 6.12. The van der Waals surface area contributed by atoms with Gasteiger partial charge in [0.05, 0.1) is 6.04 Å². The lowest BCUT2D eigenvalue weighted by molar-refractivity contribution is -0.119. The third kappa shape index (κ3) is 3.54. The molecule has 2 nitrogen and oxygen atoms in total. The van der Waals surface area contributed by atoms with Crippen LogP contribution in [0.25, 0.3) is 0 Å². The third-order valence-electron chi connectivity index (χ3n) is 2.93. The van der Waals surface area contributed by atoms with E-state index in [1.54, 1.807) is 0 Å². The molecule has 0 spiro atoms. The highest BCUT2D eigenvalue weighted by Crippen LogP contribution is 2.06. The molecule has 0 bridgehead atoms. The first-order valence-corrected chi connectivity index (χ1v) is 6.12. The van der Waals surface area contributed by atoms with Crippen molar-refractivity contribution in [3.05, 3.63) is 71.8 Å². The third-order valence-corrected chi connectivity index (χ3v) is 2.93. The van der Waals surface area contributed by atoms with Gasteiger partial charge in [-0.05, 0) is 17.5 Å². The average molecular weight is 239 g/mol. The molecule has 2 aromatic rings. The SMILES string of the molecule is N[C@@H](Cc1ccccc1)C(=O)Cc1ccccc1. The number of benzene rings is 2. The molecule has 2 N–H and O–H groups in total. The highest BCUT2D eigenvalue weighted by Gasteiger charge is 2.14. The summed E-state index contributed by atoms with van der Waals surface area (Å²) in [5.41, 5.74) is 8.07. The van der Waals surface area contributed by atoms with Crippen LogP contribution in [0.5, 0.6) is 0 Å². The molecule has 0 saturated carbocycles. The molecular formula is C16H17NO. The first kappa shape index (κ1) is 12.5. The Bertz CT molecular complexity index is 493. The van der Waals surface area contributed by atoms with E-state index in [4.69, 9.17) is 5.73 Å². The van der Waals surface area contributed by atoms with Gasteiger partial charge >= 0.3 is 0 Å². The summed E-state index contributed by atoms with van der Waals surface area (Å²) in [7, 11) is 0. The van der Waals surface area contributed by atoms with Crippen LogP contribution in [0.2, 0.25) is 0 Å². The van der Waals surface area contributed by atoms with E-state index in [2.05, 4.69) is 0 Å². The maximum absolute atomic E-state index is 12.0. The summed E-state index contributed by atoms with van der Waals surface area (Å²) in [5.74, 6) is 0.0880. The minimum Gasteiger partial charge on any atom is -0.321 e. The lowest BCUT2D eigenvalue weighted by Gasteiger charge is -2.10. The molecule has 0 aliphatic rings. The Kier molecular flexibility index (Phi) is 4.26. The van der Waals surface area contributed by atoms with Crippen LogP contribution in [0.3, 0.4) is 0 Å². The highest BCUT2D eigenvalue weighted by atomic mass is 16.1. The van der Waals surface area contributed by atoms with Crippen molar-refractivity contribution in [1.29, 1.82) is 0 Å². The second kappa shape index (κ2) is 6.12. The lowest BCUT2D eigenvalue weighted by Crippen LogP contribution is -2.33. The molecular weight excluding hydrogens is 222 g/mol. The van der Waals surface area contributed by atoms with Gasteiger partial charge in [-0.2, -0.15) is 0 Å². The predicted octanol–water partition coefficient (Wildman–Crippen LogP) is 2.37. The first-order chi connectivity index (χ1) is 8.75. The van der Waals surface area contributed by atoms with Crippen LogP contribution in [-0.4, -0.2) is 11.8 Å². The molecule has 0 heterocycles. The minimum atomic E-state index is -0.424. The molecule has 0 saturated heterocycles. The summed E-state index contributed by atoms with van der Waals surface area (Å²) in [4.78, 5) is 12.0. The number of ketones is 1. The van der Waals surface area contributed by atoms with Crippen LogP contribution < -0.4 is 5.73 Å². The Labute approximate surface area is 107 Å². The molecule has 18 heavy (non-hydrogen) atoms. The number of hydrogen-bond acceptors (Lipinski definition) is 2. The second-order valence-electron chi connectivity index (χ2n) is 4.42. The van der Waals surface area contributed by atoms with Gasteiger partial charge < -0.3 is 5.73 Å². The largest absolute Gasteiger partial charge is 0.321 e. The molecule has 0 radical (unpaired) electrons. The van der Waals surface area contributed by atoms with Crippen LogP contribution in [0.15, 0.2) is 60.7 Å². The van der Waals surface area contributed by atoms with Crippen LogP contribution in [0, 0.1) is 0 Å². The normalized spacial score (nSPS) is 12.1. The Morgan fingerprint density at radius 2 is 1.39 bits per heavy atom. The summed E-state index contributed by atoms with van der Waals surface area (Å²) in [5, 5.41) is 0. The molecule has 0 amide bonds. The van der Waals surface area contributed by atoms with Crippen molar-refractivity contribution >= 4 is 5.78 Å². The van der Waals surface area contributed by atoms with Crippen LogP contribution >= 0.6 is 0 Å². The predicted molar refractivity (Wildman–Crippen MR) is 73.3 cm³/mol. The quantitative estimate of drug-likeness (QED) is 0.870. The van der Waals surface area contributed by atoms with Crippen LogP contribution in [0.4, 0.5) is 0 Å². The molecule has 2 aromatic carbocycles. The van der Waals surface area contributed by atoms with Crippen LogP contribution in [-0.2, 0) is 17.6 Å². The molecule has 0 unspecified atom stereocenters. The van der Waals surface area contributed by atoms with E-state index in [9.17, 15) is 4.79 Å². The number of hydrogen-bond donors (Lipinski definition) is 1. The Morgan fingerprint density at radius 1 is 0.889 bits per heavy atom. The number of carbonyl (C=O) groups is 1. The maximum atomic E-state index is 12.0. The smallest absolute Gasteiger partial charge is 0.154 e. The molecule has 92 valence electrons. The van der Waals surface area contributed by atoms with Crippen molar-refractivity contribution in [3.8, 4) is 0 Å². The Balaban J connectivity index is 1.93. The van der Waals surface area contributed by atoms with Gasteiger partial charge in [-0.25, -0.2) is 0 Å². The highest BCUT2D eigenvalue weighted by molar-refractivity contribution is 5.86. The van der Waals surface area contributed by atoms with Gasteiger partial charge in [0, 0.05) is 6.42 Å². The van der Waals surface area contributed by atoms with E-state index >= 15 is 0 Å². The number of Topliss-reactive ketones (excluding diaryl/α,β-unsaturated/α-hetero) is 1. The second-order valence-corrected chi connectivity index (χ2v) is 4.42. The molecule has 1 atom stereocenters. The van der Waals surface area contributed by atoms with Gasteiger partial charge in [0.15, 0.2) is 5.78 Å². The average Bonchev–Trinajstić information content (AvgIpc) is 2.41. The van der Waals surface area contributed by atoms with E-state index in [1.807, 2.05) is 60.7 Å². The van der Waals surface area contributed by atoms with Gasteiger partial charge in [-0.15, -0.1) is 0 Å². The van der Waals surface area contributed by atoms with Crippen molar-refractivity contribution in [3.63, 3.8) is 0 Å². The van der Waals surface area contributed by atoms with Gasteiger partial charge in [-0.3, -0.25) is 4.79 Å². The van der Waals surface area contributed by atoms with Crippen molar-refractivity contribution in [2.75, 3.05) is 0 Å². The van der Waals surface area contributed by atoms with Crippen molar-refractivity contribution < 1.29 is 4.79 Å². The van der Waals surface area contributed by atoms with E-state index in [0.29, 0.717) is 12.8 Å². The van der Waals surface area contributed by atoms with Gasteiger partial charge in [0.2, 0.25) is 0 Å². The summed E-state index contributed by atoms with van der Waals surface area (Å²) >= 11 is 0. The molecule has 2 rings (SSSR count). The summed E-state index contributed by atoms with van der Waals surface area (Å²) in [6.45, 7) is 0. The van der Waals surface area contributed by atoms with Crippen molar-refractivity contribution in [2.24, 2.45) is 5.73 Å². The Hall–Kier alpha value is -1.93. The topological polar surface area (TPSA) is 43.1 Å². The van der Waals surface area contributed by atoms with Gasteiger partial charge in [-0.1, -0.05) is 60.7 Å². The zero-order chi connectivity index (χ0) is 12.8. The number of carbonyl (C=O) groups excluding carboxylic acids is 1. The standard InChI is InChI=1S/C16H17NO/c17-15(11-13-7-3-1-4-8-13)16(18)12-14-9-5-2-6-10-14/h1-10,15H,11-12,17H2/t15-/m0/s1. The number of nitrogens with two attached hydrogens (primary N) is 1. The van der Waals surface area contributed by atoms with Crippen molar-refractivity contribution in [2.45, 2.75) is 18.9 Å². The fourth-order valence-electron chi connectivity index (χ4n) is 1.91. The summed E-state index contributed by atoms with van der Waals surface area (Å²) in [6, 6.07) is 19.2. The zero-order valence-electron chi connectivity index (χ0n) is 10.3. The summed E-state index contributed by atoms with van der Waals surface area (Å²) in [6.07, 6.45) is 1.02. The molecule has 2 heteroatoms. The summed E-state index contributed by atoms with van der Waals surface area (Å²) < 4.78 is 0. The van der Waals surface area contributed by atoms with E-state index in [-0.39, 0.29) is 5.78 Å². The van der Waals surface area contributed by atoms with Crippen molar-refractivity contribution in [1.82, 2.24) is 0 Å². The van der Waals surface area contributed by atoms with E-state index in [1.165, 1.54) is 0 Å². The zero-order valence-corrected chi connectivity index (χ0v) is 10.3. The van der Waals surface area contributed by atoms with Gasteiger partial charge in [0.1, 0.15) is 0 Å².